The van der Waals surface area contributed by atoms with E-state index in [4.69, 9.17) is 5.73 Å². The van der Waals surface area contributed by atoms with Crippen molar-refractivity contribution in [2.24, 2.45) is 11.7 Å². The zero-order chi connectivity index (χ0) is 14.8. The second-order valence-electron chi connectivity index (χ2n) is 5.17. The molecule has 0 spiro atoms. The molecule has 1 amide bonds. The number of nitrogens with one attached hydrogen (secondary N) is 1. The van der Waals surface area contributed by atoms with Crippen molar-refractivity contribution in [1.82, 2.24) is 10.3 Å². The maximum atomic E-state index is 12.1. The lowest BCUT2D eigenvalue weighted by molar-refractivity contribution is -0.122. The minimum Gasteiger partial charge on any atom is -0.347 e. The number of hydrogen-bond donors (Lipinski definition) is 2. The lowest BCUT2D eigenvalue weighted by Crippen LogP contribution is -2.28. The molecule has 0 bridgehead atoms. The van der Waals surface area contributed by atoms with E-state index in [0.717, 1.165) is 37.1 Å². The summed E-state index contributed by atoms with van der Waals surface area (Å²) in [5, 5.41) is 6.03. The van der Waals surface area contributed by atoms with Gasteiger partial charge in [-0.1, -0.05) is 26.7 Å². The van der Waals surface area contributed by atoms with Crippen LogP contribution in [0, 0.1) is 5.92 Å². The van der Waals surface area contributed by atoms with Crippen LogP contribution in [0.25, 0.3) is 0 Å². The molecule has 1 aromatic rings. The van der Waals surface area contributed by atoms with Crippen LogP contribution in [0.2, 0.25) is 0 Å². The van der Waals surface area contributed by atoms with Crippen LogP contribution in [-0.2, 0) is 4.79 Å². The fourth-order valence-corrected chi connectivity index (χ4v) is 3.20. The maximum Gasteiger partial charge on any atom is 0.220 e. The van der Waals surface area contributed by atoms with Gasteiger partial charge in [-0.25, -0.2) is 4.98 Å². The number of amides is 1. The highest BCUT2D eigenvalue weighted by Gasteiger charge is 2.16. The van der Waals surface area contributed by atoms with Crippen LogP contribution >= 0.6 is 11.3 Å². The molecule has 1 aromatic heterocycles. The molecule has 4 nitrogen and oxygen atoms in total. The fourth-order valence-electron chi connectivity index (χ4n) is 2.42. The molecule has 114 valence electrons. The van der Waals surface area contributed by atoms with E-state index >= 15 is 0 Å². The number of aromatic nitrogens is 1. The van der Waals surface area contributed by atoms with E-state index in [9.17, 15) is 4.79 Å². The molecule has 0 aliphatic carbocycles. The van der Waals surface area contributed by atoms with Gasteiger partial charge in [-0.2, -0.15) is 0 Å². The number of carbonyl (C=O) groups excluding carboxylic acids is 1. The number of nitrogens with two attached hydrogens (primary N) is 1. The van der Waals surface area contributed by atoms with Gasteiger partial charge in [0, 0.05) is 18.0 Å². The zero-order valence-corrected chi connectivity index (χ0v) is 13.4. The number of thiazole rings is 1. The predicted molar refractivity (Wildman–Crippen MR) is 84.6 cm³/mol. The SMILES string of the molecule is CCCC(CCN)CCC(=O)NC(CC)c1nccs1. The standard InChI is InChI=1S/C15H27N3OS/c1-3-5-12(8-9-16)6-7-14(19)18-13(4-2)15-17-10-11-20-15/h10-13H,3-9,16H2,1-2H3,(H,18,19). The fraction of sp³-hybridized carbons (Fsp3) is 0.733. The minimum atomic E-state index is 0.0571. The second kappa shape index (κ2) is 9.88. The van der Waals surface area contributed by atoms with Gasteiger partial charge in [0.05, 0.1) is 6.04 Å². The van der Waals surface area contributed by atoms with Crippen LogP contribution in [0.4, 0.5) is 0 Å². The third-order valence-electron chi connectivity index (χ3n) is 3.54. The van der Waals surface area contributed by atoms with Crippen molar-refractivity contribution in [1.29, 1.82) is 0 Å². The Morgan fingerprint density at radius 1 is 1.40 bits per heavy atom. The molecule has 3 N–H and O–H groups in total. The highest BCUT2D eigenvalue weighted by Crippen LogP contribution is 2.20. The van der Waals surface area contributed by atoms with Crippen LogP contribution in [-0.4, -0.2) is 17.4 Å². The number of nitrogens with zero attached hydrogens (tertiary/aromatic N) is 1. The summed E-state index contributed by atoms with van der Waals surface area (Å²) < 4.78 is 0. The van der Waals surface area contributed by atoms with Gasteiger partial charge in [0.15, 0.2) is 0 Å². The van der Waals surface area contributed by atoms with Crippen molar-refractivity contribution in [3.05, 3.63) is 16.6 Å². The third kappa shape index (κ3) is 6.01. The van der Waals surface area contributed by atoms with E-state index < -0.39 is 0 Å². The molecule has 2 atom stereocenters. The van der Waals surface area contributed by atoms with Crippen molar-refractivity contribution in [3.63, 3.8) is 0 Å². The van der Waals surface area contributed by atoms with Gasteiger partial charge in [0.25, 0.3) is 0 Å². The molecule has 1 heterocycles. The van der Waals surface area contributed by atoms with Crippen LogP contribution in [0.1, 0.15) is 63.4 Å². The Morgan fingerprint density at radius 2 is 2.20 bits per heavy atom. The first kappa shape index (κ1) is 17.1. The van der Waals surface area contributed by atoms with Crippen LogP contribution in [0.5, 0.6) is 0 Å². The molecule has 0 saturated heterocycles. The maximum absolute atomic E-state index is 12.1. The summed E-state index contributed by atoms with van der Waals surface area (Å²) in [5.74, 6) is 0.709. The Hall–Kier alpha value is -0.940. The smallest absolute Gasteiger partial charge is 0.220 e. The summed E-state index contributed by atoms with van der Waals surface area (Å²) in [6.45, 7) is 4.96. The molecule has 20 heavy (non-hydrogen) atoms. The summed E-state index contributed by atoms with van der Waals surface area (Å²) in [7, 11) is 0. The van der Waals surface area contributed by atoms with Gasteiger partial charge < -0.3 is 11.1 Å². The van der Waals surface area contributed by atoms with Crippen LogP contribution in [0.3, 0.4) is 0 Å². The normalized spacial score (nSPS) is 13.9. The number of rotatable bonds is 10. The van der Waals surface area contributed by atoms with E-state index in [1.165, 1.54) is 0 Å². The minimum absolute atomic E-state index is 0.0571. The molecular formula is C15H27N3OS. The van der Waals surface area contributed by atoms with Crippen molar-refractivity contribution in [2.75, 3.05) is 6.54 Å². The molecule has 0 aromatic carbocycles. The van der Waals surface area contributed by atoms with Crippen molar-refractivity contribution in [3.8, 4) is 0 Å². The van der Waals surface area contributed by atoms with Crippen LogP contribution < -0.4 is 11.1 Å². The van der Waals surface area contributed by atoms with Crippen LogP contribution in [0.15, 0.2) is 11.6 Å². The topological polar surface area (TPSA) is 68.0 Å². The third-order valence-corrected chi connectivity index (χ3v) is 4.43. The van der Waals surface area contributed by atoms with E-state index in [0.29, 0.717) is 18.9 Å². The summed E-state index contributed by atoms with van der Waals surface area (Å²) in [4.78, 5) is 16.3. The summed E-state index contributed by atoms with van der Waals surface area (Å²) in [5.41, 5.74) is 5.63. The molecule has 0 radical (unpaired) electrons. The average molecular weight is 297 g/mol. The van der Waals surface area contributed by atoms with E-state index in [-0.39, 0.29) is 11.9 Å². The molecule has 0 saturated carbocycles. The molecular weight excluding hydrogens is 270 g/mol. The Bertz CT molecular complexity index is 361. The van der Waals surface area contributed by atoms with Gasteiger partial charge in [0.2, 0.25) is 5.91 Å². The lowest BCUT2D eigenvalue weighted by Gasteiger charge is -2.17. The largest absolute Gasteiger partial charge is 0.347 e. The zero-order valence-electron chi connectivity index (χ0n) is 12.6. The first-order chi connectivity index (χ1) is 9.71. The number of carbonyl (C=O) groups is 1. The van der Waals surface area contributed by atoms with Crippen molar-refractivity contribution >= 4 is 17.2 Å². The van der Waals surface area contributed by atoms with Gasteiger partial charge in [-0.3, -0.25) is 4.79 Å². The number of hydrogen-bond acceptors (Lipinski definition) is 4. The molecule has 2 unspecified atom stereocenters. The quantitative estimate of drug-likeness (QED) is 0.696. The first-order valence-electron chi connectivity index (χ1n) is 7.60. The van der Waals surface area contributed by atoms with E-state index in [1.807, 2.05) is 5.38 Å². The highest BCUT2D eigenvalue weighted by molar-refractivity contribution is 7.09. The lowest BCUT2D eigenvalue weighted by atomic mass is 9.94. The van der Waals surface area contributed by atoms with Gasteiger partial charge >= 0.3 is 0 Å². The Kier molecular flexibility index (Phi) is 8.46. The van der Waals surface area contributed by atoms with Gasteiger partial charge in [-0.15, -0.1) is 11.3 Å². The highest BCUT2D eigenvalue weighted by atomic mass is 32.1. The van der Waals surface area contributed by atoms with Crippen molar-refractivity contribution < 1.29 is 4.79 Å². The van der Waals surface area contributed by atoms with E-state index in [2.05, 4.69) is 24.1 Å². The molecule has 0 fully saturated rings. The van der Waals surface area contributed by atoms with Crippen molar-refractivity contribution in [2.45, 2.75) is 58.4 Å². The van der Waals surface area contributed by atoms with Gasteiger partial charge in [0.1, 0.15) is 5.01 Å². The molecule has 0 aliphatic rings. The predicted octanol–water partition coefficient (Wildman–Crippen LogP) is 3.26. The Balaban J connectivity index is 2.38. The first-order valence-corrected chi connectivity index (χ1v) is 8.48. The average Bonchev–Trinajstić information content (AvgIpc) is 2.96. The van der Waals surface area contributed by atoms with E-state index in [1.54, 1.807) is 17.5 Å². The Labute approximate surface area is 126 Å². The molecule has 5 heteroatoms. The summed E-state index contributed by atoms with van der Waals surface area (Å²) in [6.07, 6.45) is 7.52. The molecule has 0 aliphatic heterocycles. The summed E-state index contributed by atoms with van der Waals surface area (Å²) >= 11 is 1.60. The van der Waals surface area contributed by atoms with Gasteiger partial charge in [-0.05, 0) is 31.7 Å². The molecule has 1 rings (SSSR count). The monoisotopic (exact) mass is 297 g/mol. The Morgan fingerprint density at radius 3 is 2.75 bits per heavy atom. The summed E-state index contributed by atoms with van der Waals surface area (Å²) in [6, 6.07) is 0.0571. The second-order valence-corrected chi connectivity index (χ2v) is 6.10.